The van der Waals surface area contributed by atoms with Gasteiger partial charge in [0.15, 0.2) is 0 Å². The second-order valence-electron chi connectivity index (χ2n) is 4.01. The fourth-order valence-electron chi connectivity index (χ4n) is 1.93. The van der Waals surface area contributed by atoms with Crippen molar-refractivity contribution in [2.24, 2.45) is 5.92 Å². The van der Waals surface area contributed by atoms with Crippen LogP contribution in [-0.4, -0.2) is 34.8 Å². The molecular formula is C10H16N4O. The van der Waals surface area contributed by atoms with Crippen molar-refractivity contribution >= 4 is 11.8 Å². The Morgan fingerprint density at radius 3 is 3.00 bits per heavy atom. The minimum Gasteiger partial charge on any atom is -0.396 e. The van der Waals surface area contributed by atoms with E-state index in [2.05, 4.69) is 14.9 Å². The summed E-state index contributed by atoms with van der Waals surface area (Å²) in [6, 6.07) is 1.93. The molecule has 0 amide bonds. The number of nitrogens with zero attached hydrogens (tertiary/aromatic N) is 3. The lowest BCUT2D eigenvalue weighted by atomic mass is 10.1. The lowest BCUT2D eigenvalue weighted by Gasteiger charge is -2.17. The Hall–Kier alpha value is -1.36. The second-order valence-corrected chi connectivity index (χ2v) is 4.01. The molecule has 1 aromatic heterocycles. The minimum atomic E-state index is 0.246. The van der Waals surface area contributed by atoms with Gasteiger partial charge in [0.2, 0.25) is 5.95 Å². The fourth-order valence-corrected chi connectivity index (χ4v) is 1.93. The van der Waals surface area contributed by atoms with Crippen LogP contribution in [0.4, 0.5) is 11.8 Å². The molecule has 2 rings (SSSR count). The van der Waals surface area contributed by atoms with Crippen LogP contribution in [0.25, 0.3) is 0 Å². The third-order valence-electron chi connectivity index (χ3n) is 2.73. The summed E-state index contributed by atoms with van der Waals surface area (Å²) in [6.07, 6.45) is 1.01. The first-order valence-electron chi connectivity index (χ1n) is 5.16. The van der Waals surface area contributed by atoms with Gasteiger partial charge in [0.25, 0.3) is 0 Å². The van der Waals surface area contributed by atoms with Gasteiger partial charge in [0.05, 0.1) is 0 Å². The van der Waals surface area contributed by atoms with E-state index in [9.17, 15) is 0 Å². The Balaban J connectivity index is 2.16. The van der Waals surface area contributed by atoms with Gasteiger partial charge in [-0.3, -0.25) is 0 Å². The van der Waals surface area contributed by atoms with Crippen molar-refractivity contribution in [1.29, 1.82) is 0 Å². The first-order valence-corrected chi connectivity index (χ1v) is 5.16. The van der Waals surface area contributed by atoms with Crippen molar-refractivity contribution in [3.05, 3.63) is 11.8 Å². The molecular weight excluding hydrogens is 192 g/mol. The first kappa shape index (κ1) is 10.2. The Morgan fingerprint density at radius 2 is 2.40 bits per heavy atom. The highest BCUT2D eigenvalue weighted by atomic mass is 16.3. The number of aliphatic hydroxyl groups excluding tert-OH is 1. The number of nitrogen functional groups attached to an aromatic ring is 1. The summed E-state index contributed by atoms with van der Waals surface area (Å²) < 4.78 is 0. The van der Waals surface area contributed by atoms with Crippen molar-refractivity contribution in [2.45, 2.75) is 13.3 Å². The maximum Gasteiger partial charge on any atom is 0.222 e. The number of aryl methyl sites for hydroxylation is 1. The van der Waals surface area contributed by atoms with Crippen LogP contribution in [0.2, 0.25) is 0 Å². The third kappa shape index (κ3) is 2.18. The summed E-state index contributed by atoms with van der Waals surface area (Å²) >= 11 is 0. The van der Waals surface area contributed by atoms with E-state index in [1.807, 2.05) is 13.0 Å². The molecule has 15 heavy (non-hydrogen) atoms. The van der Waals surface area contributed by atoms with Gasteiger partial charge in [0.1, 0.15) is 5.82 Å². The van der Waals surface area contributed by atoms with E-state index in [4.69, 9.17) is 10.8 Å². The molecule has 0 bridgehead atoms. The van der Waals surface area contributed by atoms with Gasteiger partial charge in [0, 0.05) is 37.4 Å². The normalized spacial score (nSPS) is 20.9. The van der Waals surface area contributed by atoms with Crippen LogP contribution >= 0.6 is 0 Å². The number of nitrogens with two attached hydrogens (primary N) is 1. The molecule has 1 aliphatic rings. The van der Waals surface area contributed by atoms with Gasteiger partial charge >= 0.3 is 0 Å². The number of hydrogen-bond acceptors (Lipinski definition) is 5. The molecule has 1 unspecified atom stereocenters. The molecule has 0 spiro atoms. The zero-order chi connectivity index (χ0) is 10.8. The molecule has 5 heteroatoms. The maximum atomic E-state index is 9.06. The standard InChI is InChI=1S/C10H16N4O/c1-7-4-9(13-10(11)12-7)14-3-2-8(5-14)6-15/h4,8,15H,2-3,5-6H2,1H3,(H2,11,12,13). The van der Waals surface area contributed by atoms with Gasteiger partial charge in [-0.2, -0.15) is 4.98 Å². The van der Waals surface area contributed by atoms with Gasteiger partial charge in [-0.25, -0.2) is 4.98 Å². The molecule has 3 N–H and O–H groups in total. The average Bonchev–Trinajstić information content (AvgIpc) is 2.64. The fraction of sp³-hybridized carbons (Fsp3) is 0.600. The third-order valence-corrected chi connectivity index (χ3v) is 2.73. The molecule has 0 saturated carbocycles. The van der Waals surface area contributed by atoms with Gasteiger partial charge in [-0.05, 0) is 13.3 Å². The number of aromatic nitrogens is 2. The smallest absolute Gasteiger partial charge is 0.222 e. The van der Waals surface area contributed by atoms with Gasteiger partial charge < -0.3 is 15.7 Å². The van der Waals surface area contributed by atoms with Gasteiger partial charge in [-0.15, -0.1) is 0 Å². The van der Waals surface area contributed by atoms with E-state index in [0.29, 0.717) is 11.9 Å². The van der Waals surface area contributed by atoms with Crippen molar-refractivity contribution in [3.63, 3.8) is 0 Å². The summed E-state index contributed by atoms with van der Waals surface area (Å²) in [4.78, 5) is 10.4. The number of rotatable bonds is 2. The maximum absolute atomic E-state index is 9.06. The summed E-state index contributed by atoms with van der Waals surface area (Å²) in [5.74, 6) is 1.55. The predicted octanol–water partition coefficient (Wildman–Crippen LogP) is 0.186. The Labute approximate surface area is 88.9 Å². The Bertz CT molecular complexity index is 335. The number of aliphatic hydroxyl groups is 1. The van der Waals surface area contributed by atoms with Crippen LogP contribution in [0.15, 0.2) is 6.07 Å². The van der Waals surface area contributed by atoms with Crippen molar-refractivity contribution in [3.8, 4) is 0 Å². The van der Waals surface area contributed by atoms with Crippen LogP contribution in [0.5, 0.6) is 0 Å². The molecule has 2 heterocycles. The SMILES string of the molecule is Cc1cc(N2CCC(CO)C2)nc(N)n1. The monoisotopic (exact) mass is 208 g/mol. The summed E-state index contributed by atoms with van der Waals surface area (Å²) in [7, 11) is 0. The summed E-state index contributed by atoms with van der Waals surface area (Å²) in [5, 5.41) is 9.06. The second kappa shape index (κ2) is 4.02. The Kier molecular flexibility index (Phi) is 2.73. The lowest BCUT2D eigenvalue weighted by molar-refractivity contribution is 0.238. The van der Waals surface area contributed by atoms with Crippen LogP contribution in [-0.2, 0) is 0 Å². The molecule has 0 aromatic carbocycles. The summed E-state index contributed by atoms with van der Waals surface area (Å²) in [6.45, 7) is 3.94. The zero-order valence-corrected chi connectivity index (χ0v) is 8.85. The topological polar surface area (TPSA) is 75.3 Å². The van der Waals surface area contributed by atoms with E-state index in [1.54, 1.807) is 0 Å². The molecule has 1 atom stereocenters. The van der Waals surface area contributed by atoms with E-state index < -0.39 is 0 Å². The predicted molar refractivity (Wildman–Crippen MR) is 58.6 cm³/mol. The van der Waals surface area contributed by atoms with E-state index in [-0.39, 0.29) is 6.61 Å². The lowest BCUT2D eigenvalue weighted by Crippen LogP contribution is -2.22. The molecule has 82 valence electrons. The number of hydrogen-bond donors (Lipinski definition) is 2. The van der Waals surface area contributed by atoms with E-state index in [1.165, 1.54) is 0 Å². The number of anilines is 2. The highest BCUT2D eigenvalue weighted by molar-refractivity contribution is 5.44. The van der Waals surface area contributed by atoms with Gasteiger partial charge in [-0.1, -0.05) is 0 Å². The average molecular weight is 208 g/mol. The first-order chi connectivity index (χ1) is 7.19. The quantitative estimate of drug-likeness (QED) is 0.725. The molecule has 1 saturated heterocycles. The van der Waals surface area contributed by atoms with Crippen LogP contribution in [0.1, 0.15) is 12.1 Å². The summed E-state index contributed by atoms with van der Waals surface area (Å²) in [5.41, 5.74) is 6.48. The highest BCUT2D eigenvalue weighted by Gasteiger charge is 2.23. The zero-order valence-electron chi connectivity index (χ0n) is 8.85. The largest absolute Gasteiger partial charge is 0.396 e. The molecule has 0 aliphatic carbocycles. The van der Waals surface area contributed by atoms with Crippen LogP contribution < -0.4 is 10.6 Å². The molecule has 1 aliphatic heterocycles. The van der Waals surface area contributed by atoms with Crippen molar-refractivity contribution < 1.29 is 5.11 Å². The van der Waals surface area contributed by atoms with Crippen molar-refractivity contribution in [1.82, 2.24) is 9.97 Å². The molecule has 5 nitrogen and oxygen atoms in total. The van der Waals surface area contributed by atoms with E-state index >= 15 is 0 Å². The van der Waals surface area contributed by atoms with Crippen molar-refractivity contribution in [2.75, 3.05) is 30.3 Å². The van der Waals surface area contributed by atoms with Crippen LogP contribution in [0.3, 0.4) is 0 Å². The highest BCUT2D eigenvalue weighted by Crippen LogP contribution is 2.22. The molecule has 0 radical (unpaired) electrons. The van der Waals surface area contributed by atoms with Crippen LogP contribution in [0, 0.1) is 12.8 Å². The minimum absolute atomic E-state index is 0.246. The van der Waals surface area contributed by atoms with E-state index in [0.717, 1.165) is 31.0 Å². The Morgan fingerprint density at radius 1 is 1.60 bits per heavy atom. The molecule has 1 fully saturated rings. The molecule has 1 aromatic rings.